The topological polar surface area (TPSA) is 77.6 Å². The normalized spacial score (nSPS) is 11.2. The number of nitrogens with zero attached hydrogens (tertiary/aromatic N) is 5. The van der Waals surface area contributed by atoms with Gasteiger partial charge in [0.25, 0.3) is 12.3 Å². The van der Waals surface area contributed by atoms with Crippen molar-refractivity contribution in [1.29, 1.82) is 0 Å². The van der Waals surface area contributed by atoms with Crippen molar-refractivity contribution in [2.45, 2.75) is 6.43 Å². The van der Waals surface area contributed by atoms with Gasteiger partial charge in [0.1, 0.15) is 28.7 Å². The van der Waals surface area contributed by atoms with Gasteiger partial charge in [0.2, 0.25) is 5.82 Å². The fourth-order valence-electron chi connectivity index (χ4n) is 2.45. The number of hydrogen-bond acceptors (Lipinski definition) is 6. The second kappa shape index (κ2) is 7.14. The largest absolute Gasteiger partial charge is 0.332 e. The van der Waals surface area contributed by atoms with Crippen molar-refractivity contribution < 1.29 is 22.1 Å². The molecule has 6 nitrogen and oxygen atoms in total. The van der Waals surface area contributed by atoms with Gasteiger partial charge in [-0.1, -0.05) is 5.16 Å². The van der Waals surface area contributed by atoms with Gasteiger partial charge in [-0.05, 0) is 35.9 Å². The standard InChI is InChI=1S/C18H9F4N5O/c19-11-1-2-13(24-8-11)18-26-17(27-28-18)15-5-9(4-14(25-15)16(21)22)10-3-12(20)7-23-6-10/h1-8,16H. The summed E-state index contributed by atoms with van der Waals surface area (Å²) < 4.78 is 58.1. The highest BCUT2D eigenvalue weighted by Crippen LogP contribution is 2.29. The summed E-state index contributed by atoms with van der Waals surface area (Å²) in [7, 11) is 0. The van der Waals surface area contributed by atoms with Crippen molar-refractivity contribution in [1.82, 2.24) is 25.1 Å². The van der Waals surface area contributed by atoms with Crippen LogP contribution in [0.3, 0.4) is 0 Å². The summed E-state index contributed by atoms with van der Waals surface area (Å²) in [6, 6.07) is 6.20. The van der Waals surface area contributed by atoms with E-state index in [0.29, 0.717) is 0 Å². The van der Waals surface area contributed by atoms with Gasteiger partial charge in [-0.25, -0.2) is 27.5 Å². The smallest absolute Gasteiger partial charge is 0.280 e. The van der Waals surface area contributed by atoms with E-state index in [1.165, 1.54) is 18.3 Å². The molecule has 28 heavy (non-hydrogen) atoms. The van der Waals surface area contributed by atoms with Gasteiger partial charge >= 0.3 is 0 Å². The molecule has 0 aliphatic heterocycles. The van der Waals surface area contributed by atoms with Crippen molar-refractivity contribution in [2.75, 3.05) is 0 Å². The van der Waals surface area contributed by atoms with E-state index in [2.05, 4.69) is 25.1 Å². The third-order valence-electron chi connectivity index (χ3n) is 3.71. The summed E-state index contributed by atoms with van der Waals surface area (Å²) in [5.41, 5.74) is 0.213. The monoisotopic (exact) mass is 387 g/mol. The quantitative estimate of drug-likeness (QED) is 0.481. The maximum Gasteiger partial charge on any atom is 0.280 e. The van der Waals surface area contributed by atoms with Crippen molar-refractivity contribution in [3.63, 3.8) is 0 Å². The molecule has 0 bridgehead atoms. The van der Waals surface area contributed by atoms with Gasteiger partial charge in [0.05, 0.1) is 12.4 Å². The van der Waals surface area contributed by atoms with Crippen LogP contribution in [0.15, 0.2) is 53.4 Å². The number of aromatic nitrogens is 5. The predicted molar refractivity (Wildman–Crippen MR) is 88.9 cm³/mol. The third-order valence-corrected chi connectivity index (χ3v) is 3.71. The average Bonchev–Trinajstić information content (AvgIpc) is 3.18. The molecule has 4 heterocycles. The molecule has 0 aromatic carbocycles. The van der Waals surface area contributed by atoms with Crippen LogP contribution in [0.25, 0.3) is 34.2 Å². The van der Waals surface area contributed by atoms with Gasteiger partial charge < -0.3 is 4.52 Å². The number of halogens is 4. The molecule has 0 fully saturated rings. The molecule has 0 saturated carbocycles. The lowest BCUT2D eigenvalue weighted by Gasteiger charge is -2.07. The first-order valence-electron chi connectivity index (χ1n) is 7.86. The Labute approximate surface area is 154 Å². The Balaban J connectivity index is 1.78. The number of hydrogen-bond donors (Lipinski definition) is 0. The van der Waals surface area contributed by atoms with Crippen LogP contribution in [0.2, 0.25) is 0 Å². The van der Waals surface area contributed by atoms with Gasteiger partial charge in [-0.2, -0.15) is 4.98 Å². The summed E-state index contributed by atoms with van der Waals surface area (Å²) in [5.74, 6) is -1.26. The minimum absolute atomic E-state index is 0.00540. The van der Waals surface area contributed by atoms with Crippen LogP contribution >= 0.6 is 0 Å². The lowest BCUT2D eigenvalue weighted by atomic mass is 10.1. The third kappa shape index (κ3) is 3.56. The summed E-state index contributed by atoms with van der Waals surface area (Å²) >= 11 is 0. The maximum atomic E-state index is 13.5. The lowest BCUT2D eigenvalue weighted by Crippen LogP contribution is -1.96. The molecule has 0 aliphatic carbocycles. The van der Waals surface area contributed by atoms with Gasteiger partial charge in [0.15, 0.2) is 0 Å². The zero-order valence-electron chi connectivity index (χ0n) is 13.9. The van der Waals surface area contributed by atoms with E-state index < -0.39 is 23.8 Å². The zero-order valence-corrected chi connectivity index (χ0v) is 13.9. The van der Waals surface area contributed by atoms with Gasteiger partial charge in [-0.3, -0.25) is 4.98 Å². The molecule has 0 amide bonds. The molecule has 140 valence electrons. The Morgan fingerprint density at radius 3 is 2.39 bits per heavy atom. The second-order valence-electron chi connectivity index (χ2n) is 5.64. The van der Waals surface area contributed by atoms with E-state index in [-0.39, 0.29) is 34.2 Å². The first kappa shape index (κ1) is 17.7. The molecule has 0 atom stereocenters. The molecule has 4 aromatic rings. The minimum atomic E-state index is -2.87. The molecular formula is C18H9F4N5O. The zero-order chi connectivity index (χ0) is 19.7. The van der Waals surface area contributed by atoms with Crippen molar-refractivity contribution in [3.8, 4) is 34.2 Å². The van der Waals surface area contributed by atoms with Crippen LogP contribution in [0.1, 0.15) is 12.1 Å². The van der Waals surface area contributed by atoms with Crippen LogP contribution in [0, 0.1) is 11.6 Å². The first-order chi connectivity index (χ1) is 13.5. The highest BCUT2D eigenvalue weighted by atomic mass is 19.3. The fourth-order valence-corrected chi connectivity index (χ4v) is 2.45. The van der Waals surface area contributed by atoms with E-state index in [0.717, 1.165) is 30.6 Å². The molecule has 0 N–H and O–H groups in total. The van der Waals surface area contributed by atoms with Crippen LogP contribution < -0.4 is 0 Å². The molecule has 4 rings (SSSR count). The lowest BCUT2D eigenvalue weighted by molar-refractivity contribution is 0.146. The van der Waals surface area contributed by atoms with Crippen LogP contribution in [-0.4, -0.2) is 25.1 Å². The van der Waals surface area contributed by atoms with Crippen LogP contribution in [0.4, 0.5) is 17.6 Å². The SMILES string of the molecule is Fc1ccc(-c2nc(-c3cc(-c4cncc(F)c4)cc(C(F)F)n3)no2)nc1. The second-order valence-corrected chi connectivity index (χ2v) is 5.64. The van der Waals surface area contributed by atoms with Crippen molar-refractivity contribution in [2.24, 2.45) is 0 Å². The van der Waals surface area contributed by atoms with Gasteiger partial charge in [-0.15, -0.1) is 0 Å². The van der Waals surface area contributed by atoms with Crippen molar-refractivity contribution in [3.05, 3.63) is 66.3 Å². The van der Waals surface area contributed by atoms with Crippen LogP contribution in [-0.2, 0) is 0 Å². The molecule has 0 radical (unpaired) electrons. The fraction of sp³-hybridized carbons (Fsp3) is 0.0556. The van der Waals surface area contributed by atoms with Crippen LogP contribution in [0.5, 0.6) is 0 Å². The maximum absolute atomic E-state index is 13.5. The molecule has 0 spiro atoms. The minimum Gasteiger partial charge on any atom is -0.332 e. The molecule has 0 saturated heterocycles. The molecule has 0 aliphatic rings. The Morgan fingerprint density at radius 1 is 0.821 bits per heavy atom. The summed E-state index contributed by atoms with van der Waals surface area (Å²) in [4.78, 5) is 15.4. The van der Waals surface area contributed by atoms with Gasteiger partial charge in [0, 0.05) is 11.8 Å². The van der Waals surface area contributed by atoms with E-state index in [4.69, 9.17) is 4.52 Å². The molecule has 4 aromatic heterocycles. The highest BCUT2D eigenvalue weighted by molar-refractivity contribution is 5.68. The van der Waals surface area contributed by atoms with Crippen molar-refractivity contribution >= 4 is 0 Å². The molecule has 0 unspecified atom stereocenters. The van der Waals surface area contributed by atoms with E-state index >= 15 is 0 Å². The Bertz CT molecular complexity index is 1130. The van der Waals surface area contributed by atoms with E-state index in [1.54, 1.807) is 0 Å². The first-order valence-corrected chi connectivity index (χ1v) is 7.86. The summed E-state index contributed by atoms with van der Waals surface area (Å²) in [5, 5.41) is 3.72. The van der Waals surface area contributed by atoms with E-state index in [9.17, 15) is 17.6 Å². The number of rotatable bonds is 4. The Hall–Kier alpha value is -3.69. The highest BCUT2D eigenvalue weighted by Gasteiger charge is 2.18. The summed E-state index contributed by atoms with van der Waals surface area (Å²) in [6.45, 7) is 0. The number of pyridine rings is 3. The number of alkyl halides is 2. The molecular weight excluding hydrogens is 378 g/mol. The van der Waals surface area contributed by atoms with E-state index in [1.807, 2.05) is 0 Å². The Morgan fingerprint density at radius 2 is 1.68 bits per heavy atom. The Kier molecular flexibility index (Phi) is 4.52. The summed E-state index contributed by atoms with van der Waals surface area (Å²) in [6.07, 6.45) is 0.442. The average molecular weight is 387 g/mol. The predicted octanol–water partition coefficient (Wildman–Crippen LogP) is 4.47. The molecule has 10 heteroatoms.